The number of benzene rings is 1. The summed E-state index contributed by atoms with van der Waals surface area (Å²) in [5.41, 5.74) is 0.325. The van der Waals surface area contributed by atoms with Crippen LogP contribution in [0.4, 0.5) is 4.79 Å². The van der Waals surface area contributed by atoms with Crippen molar-refractivity contribution in [2.24, 2.45) is 0 Å². The van der Waals surface area contributed by atoms with Crippen LogP contribution in [0, 0.1) is 0 Å². The van der Waals surface area contributed by atoms with Gasteiger partial charge in [0.2, 0.25) is 5.91 Å². The van der Waals surface area contributed by atoms with E-state index in [1.165, 1.54) is 4.90 Å². The second-order valence-electron chi connectivity index (χ2n) is 7.30. The zero-order chi connectivity index (χ0) is 18.6. The number of carbonyl (C=O) groups is 2. The van der Waals surface area contributed by atoms with E-state index in [2.05, 4.69) is 5.32 Å². The van der Waals surface area contributed by atoms with E-state index in [9.17, 15) is 9.59 Å². The maximum absolute atomic E-state index is 12.7. The molecule has 0 bridgehead atoms. The first-order valence-electron chi connectivity index (χ1n) is 8.66. The molecular weight excluding hydrogens is 320 g/mol. The zero-order valence-corrected chi connectivity index (χ0v) is 15.7. The smallest absolute Gasteiger partial charge is 0.410 e. The summed E-state index contributed by atoms with van der Waals surface area (Å²) < 4.78 is 10.8. The molecule has 1 saturated heterocycles. The van der Waals surface area contributed by atoms with Crippen molar-refractivity contribution in [2.45, 2.75) is 58.2 Å². The molecule has 25 heavy (non-hydrogen) atoms. The van der Waals surface area contributed by atoms with Crippen LogP contribution in [0.2, 0.25) is 0 Å². The fourth-order valence-corrected chi connectivity index (χ4v) is 2.99. The van der Waals surface area contributed by atoms with Crippen molar-refractivity contribution in [1.82, 2.24) is 10.2 Å². The largest absolute Gasteiger partial charge is 0.496 e. The Labute approximate surface area is 149 Å². The molecule has 6 heteroatoms. The first kappa shape index (κ1) is 19.1. The monoisotopic (exact) mass is 348 g/mol. The lowest BCUT2D eigenvalue weighted by molar-refractivity contribution is -0.126. The molecule has 1 aliphatic heterocycles. The molecule has 6 nitrogen and oxygen atoms in total. The topological polar surface area (TPSA) is 67.9 Å². The molecule has 0 saturated carbocycles. The second-order valence-corrected chi connectivity index (χ2v) is 7.30. The first-order valence-corrected chi connectivity index (χ1v) is 8.66. The Kier molecular flexibility index (Phi) is 5.93. The fourth-order valence-electron chi connectivity index (χ4n) is 2.99. The van der Waals surface area contributed by atoms with Gasteiger partial charge in [-0.1, -0.05) is 18.2 Å². The third kappa shape index (κ3) is 4.87. The number of rotatable bonds is 4. The highest BCUT2D eigenvalue weighted by Crippen LogP contribution is 2.26. The summed E-state index contributed by atoms with van der Waals surface area (Å²) in [5.74, 6) is 0.562. The molecule has 2 amide bonds. The molecule has 1 aliphatic rings. The molecule has 2 atom stereocenters. The summed E-state index contributed by atoms with van der Waals surface area (Å²) in [6, 6.07) is 6.86. The molecule has 1 fully saturated rings. The summed E-state index contributed by atoms with van der Waals surface area (Å²) in [7, 11) is 1.61. The van der Waals surface area contributed by atoms with Crippen LogP contribution >= 0.6 is 0 Å². The van der Waals surface area contributed by atoms with Gasteiger partial charge in [-0.25, -0.2) is 4.79 Å². The van der Waals surface area contributed by atoms with Crippen molar-refractivity contribution in [3.05, 3.63) is 29.8 Å². The molecule has 1 aromatic rings. The third-order valence-electron chi connectivity index (χ3n) is 4.15. The molecule has 0 spiro atoms. The highest BCUT2D eigenvalue weighted by molar-refractivity contribution is 5.86. The number of carbonyl (C=O) groups excluding carboxylic acids is 2. The molecular formula is C19H28N2O4. The summed E-state index contributed by atoms with van der Waals surface area (Å²) in [6.07, 6.45) is 1.000. The van der Waals surface area contributed by atoms with Crippen LogP contribution < -0.4 is 10.1 Å². The fraction of sp³-hybridized carbons (Fsp3) is 0.579. The quantitative estimate of drug-likeness (QED) is 0.907. The molecule has 0 aromatic heterocycles. The van der Waals surface area contributed by atoms with Gasteiger partial charge >= 0.3 is 6.09 Å². The van der Waals surface area contributed by atoms with Crippen molar-refractivity contribution < 1.29 is 19.1 Å². The standard InChI is InChI=1S/C19H28N2O4/c1-13(14-9-6-7-11-16(14)24-5)20-17(22)15-10-8-12-21(15)18(23)25-19(2,3)4/h6-7,9,11,13,15H,8,10,12H2,1-5H3,(H,20,22). The highest BCUT2D eigenvalue weighted by atomic mass is 16.6. The maximum Gasteiger partial charge on any atom is 0.410 e. The molecule has 0 aliphatic carbocycles. The number of likely N-dealkylation sites (tertiary alicyclic amines) is 1. The van der Waals surface area contributed by atoms with Gasteiger partial charge in [0, 0.05) is 12.1 Å². The average molecular weight is 348 g/mol. The molecule has 1 N–H and O–H groups in total. The van der Waals surface area contributed by atoms with Crippen molar-refractivity contribution in [1.29, 1.82) is 0 Å². The summed E-state index contributed by atoms with van der Waals surface area (Å²) in [4.78, 5) is 26.6. The maximum atomic E-state index is 12.7. The van der Waals surface area contributed by atoms with E-state index < -0.39 is 17.7 Å². The van der Waals surface area contributed by atoms with Gasteiger partial charge in [0.15, 0.2) is 0 Å². The number of nitrogens with one attached hydrogen (secondary N) is 1. The van der Waals surface area contributed by atoms with Crippen LogP contribution in [0.3, 0.4) is 0 Å². The number of hydrogen-bond donors (Lipinski definition) is 1. The average Bonchev–Trinajstić information content (AvgIpc) is 3.03. The lowest BCUT2D eigenvalue weighted by Gasteiger charge is -2.29. The van der Waals surface area contributed by atoms with Crippen molar-refractivity contribution in [3.63, 3.8) is 0 Å². The summed E-state index contributed by atoms with van der Waals surface area (Å²) >= 11 is 0. The summed E-state index contributed by atoms with van der Waals surface area (Å²) in [6.45, 7) is 7.90. The van der Waals surface area contributed by atoms with Crippen molar-refractivity contribution >= 4 is 12.0 Å². The molecule has 138 valence electrons. The summed E-state index contributed by atoms with van der Waals surface area (Å²) in [5, 5.41) is 2.99. The molecule has 0 radical (unpaired) electrons. The molecule has 2 unspecified atom stereocenters. The van der Waals surface area contributed by atoms with Crippen LogP contribution in [0.1, 0.15) is 52.1 Å². The van der Waals surface area contributed by atoms with E-state index in [1.54, 1.807) is 7.11 Å². The van der Waals surface area contributed by atoms with Crippen LogP contribution in [0.25, 0.3) is 0 Å². The Hall–Kier alpha value is -2.24. The minimum absolute atomic E-state index is 0.165. The van der Waals surface area contributed by atoms with Crippen molar-refractivity contribution in [3.8, 4) is 5.75 Å². The van der Waals surface area contributed by atoms with E-state index in [0.717, 1.165) is 17.7 Å². The Balaban J connectivity index is 2.05. The second kappa shape index (κ2) is 7.76. The number of ether oxygens (including phenoxy) is 2. The number of methoxy groups -OCH3 is 1. The zero-order valence-electron chi connectivity index (χ0n) is 15.7. The van der Waals surface area contributed by atoms with Gasteiger partial charge in [-0.15, -0.1) is 0 Å². The number of amides is 2. The Morgan fingerprint density at radius 2 is 1.96 bits per heavy atom. The van der Waals surface area contributed by atoms with Crippen molar-refractivity contribution in [2.75, 3.05) is 13.7 Å². The van der Waals surface area contributed by atoms with E-state index >= 15 is 0 Å². The first-order chi connectivity index (χ1) is 11.7. The molecule has 2 rings (SSSR count). The van der Waals surface area contributed by atoms with Gasteiger partial charge in [0.05, 0.1) is 13.2 Å². The van der Waals surface area contributed by atoms with Gasteiger partial charge in [-0.05, 0) is 46.6 Å². The number of para-hydroxylation sites is 1. The van der Waals surface area contributed by atoms with Gasteiger partial charge in [0.1, 0.15) is 17.4 Å². The minimum atomic E-state index is -0.578. The van der Waals surface area contributed by atoms with Gasteiger partial charge in [0.25, 0.3) is 0 Å². The van der Waals surface area contributed by atoms with Gasteiger partial charge in [-0.2, -0.15) is 0 Å². The minimum Gasteiger partial charge on any atom is -0.496 e. The predicted molar refractivity (Wildman–Crippen MR) is 95.5 cm³/mol. The van der Waals surface area contributed by atoms with E-state index in [4.69, 9.17) is 9.47 Å². The van der Waals surface area contributed by atoms with E-state index in [-0.39, 0.29) is 11.9 Å². The highest BCUT2D eigenvalue weighted by Gasteiger charge is 2.37. The normalized spacial score (nSPS) is 18.6. The Morgan fingerprint density at radius 3 is 2.60 bits per heavy atom. The van der Waals surface area contributed by atoms with Crippen LogP contribution in [0.5, 0.6) is 5.75 Å². The van der Waals surface area contributed by atoms with Crippen LogP contribution in [0.15, 0.2) is 24.3 Å². The third-order valence-corrected chi connectivity index (χ3v) is 4.15. The molecule has 1 aromatic carbocycles. The van der Waals surface area contributed by atoms with Crippen LogP contribution in [-0.4, -0.2) is 42.2 Å². The Bertz CT molecular complexity index is 624. The predicted octanol–water partition coefficient (Wildman–Crippen LogP) is 3.27. The SMILES string of the molecule is COc1ccccc1C(C)NC(=O)C1CCCN1C(=O)OC(C)(C)C. The van der Waals surface area contributed by atoms with Crippen LogP contribution in [-0.2, 0) is 9.53 Å². The Morgan fingerprint density at radius 1 is 1.28 bits per heavy atom. The lowest BCUT2D eigenvalue weighted by atomic mass is 10.1. The number of nitrogens with zero attached hydrogens (tertiary/aromatic N) is 1. The van der Waals surface area contributed by atoms with Gasteiger partial charge in [-0.3, -0.25) is 9.69 Å². The lowest BCUT2D eigenvalue weighted by Crippen LogP contribution is -2.48. The number of hydrogen-bond acceptors (Lipinski definition) is 4. The van der Waals surface area contributed by atoms with E-state index in [1.807, 2.05) is 52.0 Å². The van der Waals surface area contributed by atoms with E-state index in [0.29, 0.717) is 13.0 Å². The van der Waals surface area contributed by atoms with Gasteiger partial charge < -0.3 is 14.8 Å². The molecule has 1 heterocycles.